The van der Waals surface area contributed by atoms with Crippen LogP contribution in [0.15, 0.2) is 53.5 Å². The monoisotopic (exact) mass is 367 g/mol. The maximum atomic E-state index is 6.14. The molecule has 2 aromatic carbocycles. The highest BCUT2D eigenvalue weighted by Gasteiger charge is 2.42. The molecule has 4 heteroatoms. The van der Waals surface area contributed by atoms with Crippen LogP contribution < -0.4 is 10.6 Å². The number of rotatable bonds is 3. The third-order valence-corrected chi connectivity index (χ3v) is 6.20. The van der Waals surface area contributed by atoms with Crippen LogP contribution in [0.4, 0.5) is 5.69 Å². The highest BCUT2D eigenvalue weighted by molar-refractivity contribution is 6.30. The molecule has 26 heavy (non-hydrogen) atoms. The summed E-state index contributed by atoms with van der Waals surface area (Å²) in [5.74, 6) is 1.16. The normalized spacial score (nSPS) is 26.5. The Morgan fingerprint density at radius 3 is 2.73 bits per heavy atom. The number of amidine groups is 1. The first-order valence-corrected chi connectivity index (χ1v) is 9.88. The summed E-state index contributed by atoms with van der Waals surface area (Å²) in [6.07, 6.45) is 5.84. The molecule has 4 rings (SSSR count). The smallest absolute Gasteiger partial charge is 0.108 e. The number of hydrogen-bond acceptors (Lipinski definition) is 2. The van der Waals surface area contributed by atoms with E-state index in [1.165, 1.54) is 36.9 Å². The number of para-hydroxylation sites is 1. The van der Waals surface area contributed by atoms with E-state index in [0.717, 1.165) is 22.8 Å². The molecule has 0 unspecified atom stereocenters. The molecule has 0 amide bonds. The van der Waals surface area contributed by atoms with Crippen LogP contribution in [0.5, 0.6) is 0 Å². The van der Waals surface area contributed by atoms with Crippen molar-refractivity contribution in [2.45, 2.75) is 44.7 Å². The van der Waals surface area contributed by atoms with E-state index >= 15 is 0 Å². The summed E-state index contributed by atoms with van der Waals surface area (Å²) in [6, 6.07) is 17.3. The molecule has 1 heterocycles. The Hall–Kier alpha value is -1.84. The van der Waals surface area contributed by atoms with Crippen LogP contribution in [0, 0.1) is 5.41 Å². The third kappa shape index (κ3) is 3.51. The number of benzene rings is 2. The van der Waals surface area contributed by atoms with Crippen molar-refractivity contribution in [2.75, 3.05) is 12.4 Å². The van der Waals surface area contributed by atoms with E-state index in [1.807, 2.05) is 18.2 Å². The summed E-state index contributed by atoms with van der Waals surface area (Å²) in [7, 11) is 2.07. The largest absolute Gasteiger partial charge is 0.343 e. The number of nitrogens with one attached hydrogen (secondary N) is 2. The molecule has 0 saturated heterocycles. The van der Waals surface area contributed by atoms with Gasteiger partial charge in [0.15, 0.2) is 0 Å². The molecule has 0 aromatic heterocycles. The van der Waals surface area contributed by atoms with Crippen LogP contribution in [-0.2, 0) is 13.0 Å². The van der Waals surface area contributed by atoms with Gasteiger partial charge in [0.05, 0.1) is 6.54 Å². The second kappa shape index (κ2) is 7.42. The van der Waals surface area contributed by atoms with Crippen LogP contribution in [0.25, 0.3) is 0 Å². The molecule has 0 radical (unpaired) electrons. The molecule has 2 N–H and O–H groups in total. The van der Waals surface area contributed by atoms with Gasteiger partial charge in [-0.3, -0.25) is 4.99 Å². The molecular weight excluding hydrogens is 342 g/mol. The fourth-order valence-electron chi connectivity index (χ4n) is 4.39. The first-order chi connectivity index (χ1) is 12.7. The van der Waals surface area contributed by atoms with Crippen molar-refractivity contribution in [2.24, 2.45) is 10.4 Å². The Kier molecular flexibility index (Phi) is 5.01. The summed E-state index contributed by atoms with van der Waals surface area (Å²) in [5.41, 5.74) is 3.92. The van der Waals surface area contributed by atoms with Gasteiger partial charge in [0.1, 0.15) is 5.84 Å². The quantitative estimate of drug-likeness (QED) is 0.795. The van der Waals surface area contributed by atoms with Gasteiger partial charge in [-0.2, -0.15) is 0 Å². The van der Waals surface area contributed by atoms with E-state index in [4.69, 9.17) is 16.6 Å². The molecule has 0 atom stereocenters. The highest BCUT2D eigenvalue weighted by Crippen LogP contribution is 2.45. The van der Waals surface area contributed by atoms with Crippen molar-refractivity contribution < 1.29 is 0 Å². The van der Waals surface area contributed by atoms with Crippen molar-refractivity contribution in [1.82, 2.24) is 5.32 Å². The zero-order valence-corrected chi connectivity index (χ0v) is 16.0. The van der Waals surface area contributed by atoms with Crippen molar-refractivity contribution in [3.63, 3.8) is 0 Å². The van der Waals surface area contributed by atoms with Gasteiger partial charge < -0.3 is 10.6 Å². The first kappa shape index (κ1) is 17.6. The van der Waals surface area contributed by atoms with Gasteiger partial charge >= 0.3 is 0 Å². The summed E-state index contributed by atoms with van der Waals surface area (Å²) in [6.45, 7) is 0.669. The van der Waals surface area contributed by atoms with E-state index in [0.29, 0.717) is 12.6 Å². The first-order valence-electron chi connectivity index (χ1n) is 9.50. The fourth-order valence-corrected chi connectivity index (χ4v) is 4.60. The minimum absolute atomic E-state index is 0.139. The summed E-state index contributed by atoms with van der Waals surface area (Å²) in [4.78, 5) is 5.05. The number of aliphatic imine (C=N–C) groups is 1. The zero-order valence-electron chi connectivity index (χ0n) is 15.3. The molecule has 1 fully saturated rings. The Balaban J connectivity index is 1.64. The molecule has 2 aliphatic rings. The Morgan fingerprint density at radius 1 is 1.15 bits per heavy atom. The summed E-state index contributed by atoms with van der Waals surface area (Å²) in [5, 5.41) is 7.89. The molecule has 3 nitrogen and oxygen atoms in total. The lowest BCUT2D eigenvalue weighted by Crippen LogP contribution is -2.47. The van der Waals surface area contributed by atoms with Gasteiger partial charge in [-0.15, -0.1) is 0 Å². The molecule has 136 valence electrons. The van der Waals surface area contributed by atoms with Gasteiger partial charge in [-0.1, -0.05) is 41.9 Å². The van der Waals surface area contributed by atoms with Gasteiger partial charge in [0.25, 0.3) is 0 Å². The maximum absolute atomic E-state index is 6.14. The highest BCUT2D eigenvalue weighted by atomic mass is 35.5. The van der Waals surface area contributed by atoms with Crippen molar-refractivity contribution in [1.29, 1.82) is 0 Å². The Morgan fingerprint density at radius 2 is 1.96 bits per heavy atom. The molecule has 0 bridgehead atoms. The van der Waals surface area contributed by atoms with Crippen LogP contribution >= 0.6 is 11.6 Å². The predicted molar refractivity (Wildman–Crippen MR) is 110 cm³/mol. The molecule has 2 aromatic rings. The number of fused-ring (bicyclic) bond motifs is 1. The number of hydrogen-bond donors (Lipinski definition) is 2. The molecule has 1 aliphatic carbocycles. The minimum atomic E-state index is 0.139. The zero-order chi connectivity index (χ0) is 18.0. The molecule has 1 saturated carbocycles. The van der Waals surface area contributed by atoms with E-state index in [-0.39, 0.29) is 5.41 Å². The summed E-state index contributed by atoms with van der Waals surface area (Å²) < 4.78 is 0. The van der Waals surface area contributed by atoms with E-state index in [1.54, 1.807) is 0 Å². The predicted octanol–water partition coefficient (Wildman–Crippen LogP) is 5.06. The second-order valence-electron chi connectivity index (χ2n) is 7.60. The Bertz CT molecular complexity index is 807. The van der Waals surface area contributed by atoms with Crippen LogP contribution in [0.2, 0.25) is 5.02 Å². The second-order valence-corrected chi connectivity index (χ2v) is 8.03. The van der Waals surface area contributed by atoms with E-state index < -0.39 is 0 Å². The van der Waals surface area contributed by atoms with Crippen molar-refractivity contribution in [3.8, 4) is 0 Å². The number of halogens is 1. The lowest BCUT2D eigenvalue weighted by Gasteiger charge is -2.44. The van der Waals surface area contributed by atoms with Crippen LogP contribution in [-0.4, -0.2) is 18.9 Å². The lowest BCUT2D eigenvalue weighted by molar-refractivity contribution is 0.240. The van der Waals surface area contributed by atoms with Gasteiger partial charge in [0.2, 0.25) is 0 Å². The summed E-state index contributed by atoms with van der Waals surface area (Å²) >= 11 is 6.14. The van der Waals surface area contributed by atoms with E-state index in [2.05, 4.69) is 48.0 Å². The fraction of sp³-hybridized carbons (Fsp3) is 0.409. The van der Waals surface area contributed by atoms with E-state index in [9.17, 15) is 0 Å². The van der Waals surface area contributed by atoms with Crippen LogP contribution in [0.1, 0.15) is 36.8 Å². The standard InChI is InChI=1S/C22H26ClN3/c1-24-19-9-11-22(12-10-19)14-17-6-2-3-8-20(17)26-21(22)25-15-16-5-4-7-18(23)13-16/h2-8,13,19,24H,9-12,14-15H2,1H3,(H,25,26). The SMILES string of the molecule is CNC1CCC2(CC1)Cc1ccccc1NC2=NCc1cccc(Cl)c1. The topological polar surface area (TPSA) is 36.4 Å². The van der Waals surface area contributed by atoms with Crippen molar-refractivity contribution in [3.05, 3.63) is 64.7 Å². The number of nitrogens with zero attached hydrogens (tertiary/aromatic N) is 1. The molecule has 1 spiro atoms. The lowest BCUT2D eigenvalue weighted by atomic mass is 9.66. The van der Waals surface area contributed by atoms with Gasteiger partial charge in [-0.05, 0) is 68.5 Å². The van der Waals surface area contributed by atoms with Crippen molar-refractivity contribution >= 4 is 23.1 Å². The minimum Gasteiger partial charge on any atom is -0.343 e. The third-order valence-electron chi connectivity index (χ3n) is 5.96. The Labute approximate surface area is 160 Å². The average molecular weight is 368 g/mol. The van der Waals surface area contributed by atoms with Gasteiger partial charge in [-0.25, -0.2) is 0 Å². The van der Waals surface area contributed by atoms with Gasteiger partial charge in [0, 0.05) is 22.2 Å². The molecule has 1 aliphatic heterocycles. The molecular formula is C22H26ClN3. The maximum Gasteiger partial charge on any atom is 0.108 e. The average Bonchev–Trinajstić information content (AvgIpc) is 2.67. The number of anilines is 1. The van der Waals surface area contributed by atoms with Crippen LogP contribution in [0.3, 0.4) is 0 Å².